The first kappa shape index (κ1) is 11.5. The number of rotatable bonds is 6. The fourth-order valence-corrected chi connectivity index (χ4v) is 1.89. The smallest absolute Gasteiger partial charge is 0.148 e. The highest BCUT2D eigenvalue weighted by Crippen LogP contribution is 2.47. The maximum Gasteiger partial charge on any atom is 0.148 e. The molecule has 0 heterocycles. The highest BCUT2D eigenvalue weighted by molar-refractivity contribution is 7.90. The van der Waals surface area contributed by atoms with Crippen molar-refractivity contribution in [2.24, 2.45) is 5.41 Å². The molecule has 1 aliphatic rings. The zero-order valence-electron chi connectivity index (χ0n) is 8.41. The molecule has 0 atom stereocenters. The predicted octanol–water partition coefficient (Wildman–Crippen LogP) is 0.314. The third-order valence-corrected chi connectivity index (χ3v) is 3.51. The van der Waals surface area contributed by atoms with Crippen molar-refractivity contribution in [3.05, 3.63) is 0 Å². The van der Waals surface area contributed by atoms with Gasteiger partial charge in [-0.15, -0.1) is 0 Å². The van der Waals surface area contributed by atoms with E-state index in [1.807, 2.05) is 0 Å². The van der Waals surface area contributed by atoms with Crippen LogP contribution in [0.5, 0.6) is 0 Å². The van der Waals surface area contributed by atoms with Gasteiger partial charge in [0.15, 0.2) is 0 Å². The van der Waals surface area contributed by atoms with Gasteiger partial charge in [-0.1, -0.05) is 0 Å². The minimum absolute atomic E-state index is 0.159. The van der Waals surface area contributed by atoms with Crippen molar-refractivity contribution in [1.29, 1.82) is 5.26 Å². The Kier molecular flexibility index (Phi) is 3.51. The van der Waals surface area contributed by atoms with Crippen molar-refractivity contribution in [3.8, 4) is 6.07 Å². The number of hydrogen-bond acceptors (Lipinski definition) is 4. The van der Waals surface area contributed by atoms with E-state index < -0.39 is 9.84 Å². The SMILES string of the molecule is CS(=O)(=O)CCNCC1(CC#N)CC1. The molecule has 0 aromatic rings. The fourth-order valence-electron chi connectivity index (χ4n) is 1.37. The summed E-state index contributed by atoms with van der Waals surface area (Å²) in [5.74, 6) is 0.176. The Labute approximate surface area is 85.2 Å². The largest absolute Gasteiger partial charge is 0.315 e. The Bertz CT molecular complexity index is 325. The summed E-state index contributed by atoms with van der Waals surface area (Å²) in [6.45, 7) is 1.27. The van der Waals surface area contributed by atoms with Gasteiger partial charge in [0.25, 0.3) is 0 Å². The zero-order chi connectivity index (χ0) is 10.7. The lowest BCUT2D eigenvalue weighted by Crippen LogP contribution is -2.28. The van der Waals surface area contributed by atoms with Crippen molar-refractivity contribution in [3.63, 3.8) is 0 Å². The zero-order valence-corrected chi connectivity index (χ0v) is 9.23. The highest BCUT2D eigenvalue weighted by atomic mass is 32.2. The van der Waals surface area contributed by atoms with Crippen LogP contribution in [0.1, 0.15) is 19.3 Å². The van der Waals surface area contributed by atoms with E-state index in [4.69, 9.17) is 5.26 Å². The third kappa shape index (κ3) is 4.07. The molecule has 0 aromatic heterocycles. The maximum atomic E-state index is 10.8. The van der Waals surface area contributed by atoms with Crippen LogP contribution in [0.15, 0.2) is 0 Å². The lowest BCUT2D eigenvalue weighted by molar-refractivity contribution is 0.475. The van der Waals surface area contributed by atoms with Crippen LogP contribution >= 0.6 is 0 Å². The van der Waals surface area contributed by atoms with Gasteiger partial charge in [-0.25, -0.2) is 8.42 Å². The van der Waals surface area contributed by atoms with Gasteiger partial charge >= 0.3 is 0 Å². The van der Waals surface area contributed by atoms with Crippen LogP contribution < -0.4 is 5.32 Å². The molecular formula is C9H16N2O2S. The first-order valence-electron chi connectivity index (χ1n) is 4.73. The number of nitriles is 1. The van der Waals surface area contributed by atoms with Gasteiger partial charge < -0.3 is 5.32 Å². The second kappa shape index (κ2) is 4.28. The topological polar surface area (TPSA) is 70.0 Å². The first-order chi connectivity index (χ1) is 6.47. The standard InChI is InChI=1S/C9H16N2O2S/c1-14(12,13)7-6-11-8-9(2-3-9)4-5-10/h11H,2-4,6-8H2,1H3. The summed E-state index contributed by atoms with van der Waals surface area (Å²) in [7, 11) is -2.86. The van der Waals surface area contributed by atoms with E-state index in [2.05, 4.69) is 11.4 Å². The average molecular weight is 216 g/mol. The lowest BCUT2D eigenvalue weighted by atomic mass is 10.0. The molecule has 1 rings (SSSR count). The molecule has 1 fully saturated rings. The molecule has 0 bridgehead atoms. The number of hydrogen-bond donors (Lipinski definition) is 1. The second-order valence-corrected chi connectivity index (χ2v) is 6.40. The van der Waals surface area contributed by atoms with Crippen LogP contribution in [-0.2, 0) is 9.84 Å². The van der Waals surface area contributed by atoms with Gasteiger partial charge in [-0.3, -0.25) is 0 Å². The summed E-state index contributed by atoms with van der Waals surface area (Å²) in [4.78, 5) is 0. The number of nitrogens with zero attached hydrogens (tertiary/aromatic N) is 1. The normalized spacial score (nSPS) is 18.9. The van der Waals surface area contributed by atoms with Crippen LogP contribution in [0.25, 0.3) is 0 Å². The molecule has 0 amide bonds. The number of sulfone groups is 1. The molecule has 1 N–H and O–H groups in total. The molecular weight excluding hydrogens is 200 g/mol. The quantitative estimate of drug-likeness (QED) is 0.649. The molecule has 5 heteroatoms. The molecule has 1 saturated carbocycles. The monoisotopic (exact) mass is 216 g/mol. The first-order valence-corrected chi connectivity index (χ1v) is 6.79. The van der Waals surface area contributed by atoms with Crippen LogP contribution in [0.2, 0.25) is 0 Å². The summed E-state index contributed by atoms with van der Waals surface area (Å²) < 4.78 is 21.6. The van der Waals surface area contributed by atoms with Crippen molar-refractivity contribution < 1.29 is 8.42 Å². The lowest BCUT2D eigenvalue weighted by Gasteiger charge is -2.11. The van der Waals surface area contributed by atoms with Gasteiger partial charge in [-0.05, 0) is 18.3 Å². The van der Waals surface area contributed by atoms with Gasteiger partial charge in [0, 0.05) is 25.8 Å². The van der Waals surface area contributed by atoms with E-state index in [9.17, 15) is 8.42 Å². The Hall–Kier alpha value is -0.600. The summed E-state index contributed by atoms with van der Waals surface area (Å²) in [6.07, 6.45) is 3.99. The molecule has 0 radical (unpaired) electrons. The van der Waals surface area contributed by atoms with Gasteiger partial charge in [0.1, 0.15) is 9.84 Å². The van der Waals surface area contributed by atoms with Gasteiger partial charge in [-0.2, -0.15) is 5.26 Å². The van der Waals surface area contributed by atoms with E-state index >= 15 is 0 Å². The molecule has 1 aliphatic carbocycles. The fraction of sp³-hybridized carbons (Fsp3) is 0.889. The molecule has 4 nitrogen and oxygen atoms in total. The van der Waals surface area contributed by atoms with Crippen molar-refractivity contribution in [1.82, 2.24) is 5.32 Å². The molecule has 0 unspecified atom stereocenters. The Morgan fingerprint density at radius 3 is 2.57 bits per heavy atom. The molecule has 0 saturated heterocycles. The van der Waals surface area contributed by atoms with E-state index in [-0.39, 0.29) is 11.2 Å². The second-order valence-electron chi connectivity index (χ2n) is 4.14. The molecule has 0 spiro atoms. The van der Waals surface area contributed by atoms with Crippen LogP contribution in [0, 0.1) is 16.7 Å². The van der Waals surface area contributed by atoms with Crippen molar-refractivity contribution in [2.75, 3.05) is 25.1 Å². The minimum atomic E-state index is -2.86. The van der Waals surface area contributed by atoms with E-state index in [0.29, 0.717) is 13.0 Å². The van der Waals surface area contributed by atoms with Crippen LogP contribution in [0.3, 0.4) is 0 Å². The summed E-state index contributed by atoms with van der Waals surface area (Å²) >= 11 is 0. The predicted molar refractivity (Wildman–Crippen MR) is 54.5 cm³/mol. The van der Waals surface area contributed by atoms with Crippen LogP contribution in [-0.4, -0.2) is 33.5 Å². The summed E-state index contributed by atoms with van der Waals surface area (Å²) in [5, 5.41) is 11.7. The van der Waals surface area contributed by atoms with E-state index in [1.54, 1.807) is 0 Å². The molecule has 80 valence electrons. The minimum Gasteiger partial charge on any atom is -0.315 e. The summed E-state index contributed by atoms with van der Waals surface area (Å²) in [5.41, 5.74) is 0.159. The van der Waals surface area contributed by atoms with E-state index in [1.165, 1.54) is 6.26 Å². The van der Waals surface area contributed by atoms with E-state index in [0.717, 1.165) is 19.4 Å². The number of nitrogens with one attached hydrogen (secondary N) is 1. The summed E-state index contributed by atoms with van der Waals surface area (Å²) in [6, 6.07) is 2.17. The average Bonchev–Trinajstić information content (AvgIpc) is 2.79. The molecule has 0 aromatic carbocycles. The Morgan fingerprint density at radius 1 is 1.50 bits per heavy atom. The third-order valence-electron chi connectivity index (χ3n) is 2.56. The molecule has 0 aliphatic heterocycles. The van der Waals surface area contributed by atoms with Crippen LogP contribution in [0.4, 0.5) is 0 Å². The van der Waals surface area contributed by atoms with Gasteiger partial charge in [0.2, 0.25) is 0 Å². The van der Waals surface area contributed by atoms with Gasteiger partial charge in [0.05, 0.1) is 11.8 Å². The molecule has 14 heavy (non-hydrogen) atoms. The highest BCUT2D eigenvalue weighted by Gasteiger charge is 2.41. The Morgan fingerprint density at radius 2 is 2.14 bits per heavy atom. The van der Waals surface area contributed by atoms with Crippen molar-refractivity contribution in [2.45, 2.75) is 19.3 Å². The van der Waals surface area contributed by atoms with Crippen molar-refractivity contribution >= 4 is 9.84 Å². The maximum absolute atomic E-state index is 10.8. The Balaban J connectivity index is 2.14.